The molecular formula is C28H24FN5O5S. The maximum atomic E-state index is 13.4. The molecule has 0 bridgehead atoms. The van der Waals surface area contributed by atoms with Gasteiger partial charge in [0, 0.05) is 11.1 Å². The number of anilines is 1. The lowest BCUT2D eigenvalue weighted by Gasteiger charge is -2.26. The zero-order valence-corrected chi connectivity index (χ0v) is 22.9. The summed E-state index contributed by atoms with van der Waals surface area (Å²) in [4.78, 5) is 29.9. The predicted octanol–water partition coefficient (Wildman–Crippen LogP) is 5.76. The van der Waals surface area contributed by atoms with Crippen LogP contribution in [-0.4, -0.2) is 52.5 Å². The van der Waals surface area contributed by atoms with E-state index in [0.717, 1.165) is 42.9 Å². The number of carbonyl (C=O) groups is 1. The fraction of sp³-hybridized carbons (Fsp3) is 0.250. The van der Waals surface area contributed by atoms with Gasteiger partial charge in [-0.1, -0.05) is 0 Å². The Hall–Kier alpha value is -4.58. The Bertz CT molecular complexity index is 1790. The lowest BCUT2D eigenvalue weighted by molar-refractivity contribution is 0.0383. The second-order valence-electron chi connectivity index (χ2n) is 9.42. The van der Waals surface area contributed by atoms with Crippen molar-refractivity contribution in [3.05, 3.63) is 59.3 Å². The number of ether oxygens (including phenoxy) is 4. The minimum Gasteiger partial charge on any atom is -0.484 e. The van der Waals surface area contributed by atoms with E-state index in [2.05, 4.69) is 20.3 Å². The van der Waals surface area contributed by atoms with Crippen molar-refractivity contribution >= 4 is 44.4 Å². The molecule has 40 heavy (non-hydrogen) atoms. The van der Waals surface area contributed by atoms with Crippen LogP contribution in [0.4, 0.5) is 14.9 Å². The van der Waals surface area contributed by atoms with Crippen LogP contribution < -0.4 is 19.5 Å². The molecular weight excluding hydrogens is 537 g/mol. The molecule has 204 valence electrons. The summed E-state index contributed by atoms with van der Waals surface area (Å²) >= 11 is 1.49. The van der Waals surface area contributed by atoms with Crippen molar-refractivity contribution in [3.63, 3.8) is 0 Å². The molecule has 0 saturated carbocycles. The number of nitrogens with zero attached hydrogens (tertiary/aromatic N) is 4. The highest BCUT2D eigenvalue weighted by Crippen LogP contribution is 2.46. The summed E-state index contributed by atoms with van der Waals surface area (Å²) in [6.45, 7) is 5.66. The van der Waals surface area contributed by atoms with Crippen LogP contribution >= 0.6 is 11.3 Å². The van der Waals surface area contributed by atoms with Gasteiger partial charge >= 0.3 is 6.09 Å². The maximum Gasteiger partial charge on any atom is 0.411 e. The number of benzene rings is 2. The molecule has 5 aromatic rings. The average Bonchev–Trinajstić information content (AvgIpc) is 3.39. The average molecular weight is 562 g/mol. The van der Waals surface area contributed by atoms with Gasteiger partial charge in [0.05, 0.1) is 41.7 Å². The number of pyridine rings is 1. The monoisotopic (exact) mass is 561 g/mol. The molecule has 0 unspecified atom stereocenters. The van der Waals surface area contributed by atoms with E-state index in [4.69, 9.17) is 23.9 Å². The summed E-state index contributed by atoms with van der Waals surface area (Å²) in [5.41, 5.74) is 5.75. The van der Waals surface area contributed by atoms with E-state index < -0.39 is 18.1 Å². The summed E-state index contributed by atoms with van der Waals surface area (Å²) < 4.78 is 37.0. The molecule has 0 aliphatic carbocycles. The summed E-state index contributed by atoms with van der Waals surface area (Å²) in [5.74, 6) is 1.01. The first-order valence-electron chi connectivity index (χ1n) is 12.4. The van der Waals surface area contributed by atoms with Gasteiger partial charge in [0.1, 0.15) is 22.9 Å². The second-order valence-corrected chi connectivity index (χ2v) is 10.4. The number of thiazole rings is 1. The van der Waals surface area contributed by atoms with Gasteiger partial charge in [-0.05, 0) is 56.2 Å². The summed E-state index contributed by atoms with van der Waals surface area (Å²) in [5, 5.41) is 3.32. The SMILES string of the molecule is COc1cnc2c(-c3nc4c(C)cc5c(c4s3)OC[C@H](COC(=O)Nc3cnc(F)c(C)c3)O5)cc(C)cc2n1. The summed E-state index contributed by atoms with van der Waals surface area (Å²) in [7, 11) is 1.56. The maximum absolute atomic E-state index is 13.4. The van der Waals surface area contributed by atoms with Gasteiger partial charge in [0.2, 0.25) is 11.8 Å². The van der Waals surface area contributed by atoms with E-state index in [9.17, 15) is 9.18 Å². The van der Waals surface area contributed by atoms with Crippen molar-refractivity contribution in [1.29, 1.82) is 0 Å². The third-order valence-electron chi connectivity index (χ3n) is 6.36. The van der Waals surface area contributed by atoms with Crippen molar-refractivity contribution in [2.45, 2.75) is 26.9 Å². The Labute approximate surface area is 232 Å². The van der Waals surface area contributed by atoms with Crippen LogP contribution in [0.5, 0.6) is 17.4 Å². The highest BCUT2D eigenvalue weighted by atomic mass is 32.1. The Morgan fingerprint density at radius 3 is 2.75 bits per heavy atom. The van der Waals surface area contributed by atoms with Crippen LogP contribution in [0, 0.1) is 26.7 Å². The number of aromatic nitrogens is 4. The normalized spacial score (nSPS) is 14.4. The highest BCUT2D eigenvalue weighted by Gasteiger charge is 2.27. The van der Waals surface area contributed by atoms with Gasteiger partial charge < -0.3 is 18.9 Å². The lowest BCUT2D eigenvalue weighted by atomic mass is 10.1. The topological polar surface area (TPSA) is 118 Å². The fourth-order valence-corrected chi connectivity index (χ4v) is 5.60. The number of nitrogens with one attached hydrogen (secondary N) is 1. The fourth-order valence-electron chi connectivity index (χ4n) is 4.45. The number of carbonyl (C=O) groups excluding carboxylic acids is 1. The number of hydrogen-bond donors (Lipinski definition) is 1. The minimum atomic E-state index is -0.702. The molecule has 0 radical (unpaired) electrons. The molecule has 12 heteroatoms. The van der Waals surface area contributed by atoms with Crippen LogP contribution in [0.25, 0.3) is 31.8 Å². The highest BCUT2D eigenvalue weighted by molar-refractivity contribution is 7.22. The first kappa shape index (κ1) is 25.7. The molecule has 0 spiro atoms. The van der Waals surface area contributed by atoms with Crippen LogP contribution in [0.3, 0.4) is 0 Å². The first-order valence-corrected chi connectivity index (χ1v) is 13.2. The molecule has 1 aliphatic rings. The Morgan fingerprint density at radius 2 is 1.95 bits per heavy atom. The van der Waals surface area contributed by atoms with Crippen molar-refractivity contribution in [1.82, 2.24) is 19.9 Å². The van der Waals surface area contributed by atoms with Crippen LogP contribution in [0.15, 0.2) is 36.7 Å². The third kappa shape index (κ3) is 4.81. The largest absolute Gasteiger partial charge is 0.484 e. The Balaban J connectivity index is 1.23. The molecule has 10 nitrogen and oxygen atoms in total. The number of aryl methyl sites for hydroxylation is 3. The van der Waals surface area contributed by atoms with E-state index >= 15 is 0 Å². The van der Waals surface area contributed by atoms with Crippen molar-refractivity contribution in [2.24, 2.45) is 0 Å². The zero-order valence-electron chi connectivity index (χ0n) is 22.1. The lowest BCUT2D eigenvalue weighted by Crippen LogP contribution is -2.35. The van der Waals surface area contributed by atoms with Crippen molar-refractivity contribution < 1.29 is 28.1 Å². The second kappa shape index (κ2) is 10.2. The summed E-state index contributed by atoms with van der Waals surface area (Å²) in [6, 6.07) is 7.35. The number of hydrogen-bond acceptors (Lipinski definition) is 10. The Morgan fingerprint density at radius 1 is 1.10 bits per heavy atom. The van der Waals surface area contributed by atoms with Gasteiger partial charge in [-0.2, -0.15) is 4.39 Å². The van der Waals surface area contributed by atoms with Crippen molar-refractivity contribution in [3.8, 4) is 28.0 Å². The number of methoxy groups -OCH3 is 1. The molecule has 1 aliphatic heterocycles. The van der Waals surface area contributed by atoms with Crippen molar-refractivity contribution in [2.75, 3.05) is 25.6 Å². The molecule has 6 rings (SSSR count). The molecule has 0 saturated heterocycles. The predicted molar refractivity (Wildman–Crippen MR) is 148 cm³/mol. The number of amides is 1. The molecule has 4 heterocycles. The number of fused-ring (bicyclic) bond motifs is 4. The quantitative estimate of drug-likeness (QED) is 0.267. The molecule has 0 fully saturated rings. The van der Waals surface area contributed by atoms with Gasteiger partial charge in [-0.25, -0.2) is 24.7 Å². The van der Waals surface area contributed by atoms with Gasteiger partial charge in [0.25, 0.3) is 0 Å². The van der Waals surface area contributed by atoms with Gasteiger partial charge in [-0.3, -0.25) is 5.32 Å². The van der Waals surface area contributed by atoms with Crippen LogP contribution in [-0.2, 0) is 4.74 Å². The number of rotatable bonds is 5. The minimum absolute atomic E-state index is 0.0404. The first-order chi connectivity index (χ1) is 19.3. The van der Waals surface area contributed by atoms with Gasteiger partial charge in [-0.15, -0.1) is 11.3 Å². The molecule has 1 amide bonds. The molecule has 1 N–H and O–H groups in total. The van der Waals surface area contributed by atoms with E-state index in [1.54, 1.807) is 20.2 Å². The van der Waals surface area contributed by atoms with E-state index in [1.807, 2.05) is 32.0 Å². The van der Waals surface area contributed by atoms with Crippen LogP contribution in [0.1, 0.15) is 16.7 Å². The molecule has 3 aromatic heterocycles. The van der Waals surface area contributed by atoms with E-state index in [-0.39, 0.29) is 13.2 Å². The molecule has 2 aromatic carbocycles. The van der Waals surface area contributed by atoms with Gasteiger partial charge in [0.15, 0.2) is 17.6 Å². The third-order valence-corrected chi connectivity index (χ3v) is 7.44. The van der Waals surface area contributed by atoms with E-state index in [0.29, 0.717) is 28.6 Å². The summed E-state index contributed by atoms with van der Waals surface area (Å²) in [6.07, 6.45) is 1.60. The zero-order chi connectivity index (χ0) is 28.0. The standard InChI is InChI=1S/C28H24FN5O5S/c1-13-5-18(23-19(6-13)33-21(36-4)10-30-23)27-34-22-14(2)8-20-24(25(22)40-27)37-11-17(39-20)12-38-28(35)32-16-7-15(3)26(29)31-9-16/h5-10,17H,11-12H2,1-4H3,(H,32,35)/t17-/m1/s1. The Kier molecular flexibility index (Phi) is 6.54. The smallest absolute Gasteiger partial charge is 0.411 e. The number of halogens is 1. The molecule has 1 atom stereocenters. The van der Waals surface area contributed by atoms with Crippen LogP contribution in [0.2, 0.25) is 0 Å². The van der Waals surface area contributed by atoms with E-state index in [1.165, 1.54) is 23.6 Å².